The molecule has 1 heterocycles. The van der Waals surface area contributed by atoms with Crippen molar-refractivity contribution in [3.63, 3.8) is 0 Å². The zero-order chi connectivity index (χ0) is 21.7. The van der Waals surface area contributed by atoms with Crippen molar-refractivity contribution in [1.29, 1.82) is 0 Å². The van der Waals surface area contributed by atoms with Crippen molar-refractivity contribution in [3.05, 3.63) is 82.2 Å². The molecule has 0 radical (unpaired) electrons. The number of ether oxygens (including phenoxy) is 1. The van der Waals surface area contributed by atoms with Gasteiger partial charge in [0.05, 0.1) is 5.75 Å². The number of rotatable bonds is 9. The molecule has 0 aliphatic carbocycles. The lowest BCUT2D eigenvalue weighted by atomic mass is 9.99. The van der Waals surface area contributed by atoms with E-state index >= 15 is 0 Å². The van der Waals surface area contributed by atoms with Gasteiger partial charge in [-0.2, -0.15) is 0 Å². The number of allylic oxidation sites excluding steroid dienone is 1. The number of carbonyl (C=O) groups is 1. The summed E-state index contributed by atoms with van der Waals surface area (Å²) in [5.41, 5.74) is 4.05. The minimum atomic E-state index is 0.0766. The Hall–Kier alpha value is -2.57. The van der Waals surface area contributed by atoms with E-state index in [2.05, 4.69) is 29.8 Å². The van der Waals surface area contributed by atoms with Crippen molar-refractivity contribution in [3.8, 4) is 5.75 Å². The molecule has 30 heavy (non-hydrogen) atoms. The van der Waals surface area contributed by atoms with E-state index in [0.29, 0.717) is 28.3 Å². The van der Waals surface area contributed by atoms with E-state index in [1.807, 2.05) is 24.5 Å². The van der Waals surface area contributed by atoms with Gasteiger partial charge in [0.15, 0.2) is 16.8 Å². The predicted octanol–water partition coefficient (Wildman–Crippen LogP) is 5.60. The zero-order valence-corrected chi connectivity index (χ0v) is 18.9. The van der Waals surface area contributed by atoms with E-state index in [0.717, 1.165) is 16.7 Å². The Bertz CT molecular complexity index is 1060. The van der Waals surface area contributed by atoms with Crippen molar-refractivity contribution in [1.82, 2.24) is 14.8 Å². The Morgan fingerprint density at radius 3 is 2.53 bits per heavy atom. The molecule has 0 saturated carbocycles. The molecule has 0 N–H and O–H groups in total. The highest BCUT2D eigenvalue weighted by Gasteiger charge is 2.16. The minimum absolute atomic E-state index is 0.0766. The molecule has 3 rings (SSSR count). The van der Waals surface area contributed by atoms with Crippen LogP contribution < -0.4 is 4.74 Å². The summed E-state index contributed by atoms with van der Waals surface area (Å²) in [5.74, 6) is 1.73. The molecule has 0 aliphatic rings. The first-order chi connectivity index (χ1) is 14.4. The second-order valence-electron chi connectivity index (χ2n) is 7.00. The molecule has 0 aliphatic heterocycles. The number of Topliss-reactive ketones (excluding diaryl/α,β-unsaturated/α-hetero) is 1. The summed E-state index contributed by atoms with van der Waals surface area (Å²) in [6.45, 7) is 10.6. The molecule has 7 heteroatoms. The van der Waals surface area contributed by atoms with E-state index < -0.39 is 0 Å². The van der Waals surface area contributed by atoms with Gasteiger partial charge in [0.2, 0.25) is 0 Å². The summed E-state index contributed by atoms with van der Waals surface area (Å²) in [6, 6.07) is 11.2. The number of hydrogen-bond acceptors (Lipinski definition) is 5. The highest BCUT2D eigenvalue weighted by atomic mass is 35.5. The number of carbonyl (C=O) groups excluding carboxylic acids is 1. The molecular weight excluding hydrogens is 418 g/mol. The molecule has 5 nitrogen and oxygen atoms in total. The number of aromatic nitrogens is 3. The van der Waals surface area contributed by atoms with Crippen LogP contribution in [0.15, 0.2) is 54.2 Å². The van der Waals surface area contributed by atoms with Gasteiger partial charge in [-0.25, -0.2) is 0 Å². The number of hydrogen-bond donors (Lipinski definition) is 0. The van der Waals surface area contributed by atoms with Crippen molar-refractivity contribution in [2.75, 3.05) is 5.75 Å². The summed E-state index contributed by atoms with van der Waals surface area (Å²) in [7, 11) is 0. The molecule has 1 aromatic heterocycles. The third-order valence-electron chi connectivity index (χ3n) is 4.76. The largest absolute Gasteiger partial charge is 0.486 e. The second kappa shape index (κ2) is 9.96. The van der Waals surface area contributed by atoms with Crippen LogP contribution in [-0.2, 0) is 13.2 Å². The van der Waals surface area contributed by atoms with Gasteiger partial charge in [-0.1, -0.05) is 35.5 Å². The number of halogens is 1. The van der Waals surface area contributed by atoms with Crippen LogP contribution in [0.1, 0.15) is 32.9 Å². The third-order valence-corrected chi connectivity index (χ3v) is 5.98. The average molecular weight is 442 g/mol. The lowest BCUT2D eigenvalue weighted by Gasteiger charge is -2.10. The fourth-order valence-corrected chi connectivity index (χ4v) is 3.97. The molecular formula is C23H24ClN3O2S. The van der Waals surface area contributed by atoms with Crippen LogP contribution in [0, 0.1) is 20.8 Å². The summed E-state index contributed by atoms with van der Waals surface area (Å²) in [5, 5.41) is 9.82. The molecule has 0 unspecified atom stereocenters. The van der Waals surface area contributed by atoms with Crippen LogP contribution >= 0.6 is 23.4 Å². The van der Waals surface area contributed by atoms with Crippen molar-refractivity contribution >= 4 is 29.1 Å². The predicted molar refractivity (Wildman–Crippen MR) is 122 cm³/mol. The normalized spacial score (nSPS) is 10.8. The van der Waals surface area contributed by atoms with E-state index in [1.165, 1.54) is 17.3 Å². The number of thioether (sulfide) groups is 1. The number of aryl methyl sites for hydroxylation is 3. The molecule has 0 atom stereocenters. The minimum Gasteiger partial charge on any atom is -0.486 e. The Morgan fingerprint density at radius 1 is 1.13 bits per heavy atom. The highest BCUT2D eigenvalue weighted by Crippen LogP contribution is 2.23. The molecule has 0 bridgehead atoms. The molecule has 0 saturated heterocycles. The van der Waals surface area contributed by atoms with E-state index in [9.17, 15) is 4.79 Å². The SMILES string of the molecule is C=CCn1c(COc2ccc(Cl)cc2)nnc1SCC(=O)c1cc(C)c(C)cc1C. The van der Waals surface area contributed by atoms with E-state index in [-0.39, 0.29) is 18.1 Å². The Labute approximate surface area is 186 Å². The first kappa shape index (κ1) is 22.1. The molecule has 2 aromatic carbocycles. The lowest BCUT2D eigenvalue weighted by molar-refractivity contribution is 0.102. The van der Waals surface area contributed by atoms with Gasteiger partial charge < -0.3 is 4.74 Å². The standard InChI is InChI=1S/C23H24ClN3O2S/c1-5-10-27-22(13-29-19-8-6-18(24)7-9-19)25-26-23(27)30-14-21(28)20-12-16(3)15(2)11-17(20)4/h5-9,11-12H,1,10,13-14H2,2-4H3. The van der Waals surface area contributed by atoms with Gasteiger partial charge in [0.1, 0.15) is 12.4 Å². The maximum absolute atomic E-state index is 12.8. The van der Waals surface area contributed by atoms with Crippen LogP contribution in [0.5, 0.6) is 5.75 Å². The quantitative estimate of drug-likeness (QED) is 0.246. The van der Waals surface area contributed by atoms with E-state index in [1.54, 1.807) is 30.3 Å². The number of benzene rings is 2. The Morgan fingerprint density at radius 2 is 1.83 bits per heavy atom. The second-order valence-corrected chi connectivity index (χ2v) is 8.38. The van der Waals surface area contributed by atoms with Crippen LogP contribution in [0.3, 0.4) is 0 Å². The van der Waals surface area contributed by atoms with Gasteiger partial charge in [0.25, 0.3) is 0 Å². The van der Waals surface area contributed by atoms with Crippen molar-refractivity contribution < 1.29 is 9.53 Å². The summed E-state index contributed by atoms with van der Waals surface area (Å²) < 4.78 is 7.70. The van der Waals surface area contributed by atoms with E-state index in [4.69, 9.17) is 16.3 Å². The van der Waals surface area contributed by atoms with Gasteiger partial charge >= 0.3 is 0 Å². The van der Waals surface area contributed by atoms with Crippen LogP contribution in [-0.4, -0.2) is 26.3 Å². The average Bonchev–Trinajstić information content (AvgIpc) is 3.10. The number of ketones is 1. The number of nitrogens with zero attached hydrogens (tertiary/aromatic N) is 3. The third kappa shape index (κ3) is 5.32. The molecule has 0 fully saturated rings. The van der Waals surface area contributed by atoms with Crippen molar-refractivity contribution in [2.24, 2.45) is 0 Å². The fraction of sp³-hybridized carbons (Fsp3) is 0.261. The van der Waals surface area contributed by atoms with Crippen LogP contribution in [0.25, 0.3) is 0 Å². The maximum atomic E-state index is 12.8. The molecule has 0 amide bonds. The lowest BCUT2D eigenvalue weighted by Crippen LogP contribution is -2.09. The van der Waals surface area contributed by atoms with Crippen LogP contribution in [0.4, 0.5) is 0 Å². The zero-order valence-electron chi connectivity index (χ0n) is 17.3. The van der Waals surface area contributed by atoms with Gasteiger partial charge in [0, 0.05) is 17.1 Å². The summed E-state index contributed by atoms with van der Waals surface area (Å²) in [4.78, 5) is 12.8. The first-order valence-corrected chi connectivity index (χ1v) is 10.9. The topological polar surface area (TPSA) is 57.0 Å². The van der Waals surface area contributed by atoms with Gasteiger partial charge in [-0.15, -0.1) is 16.8 Å². The summed E-state index contributed by atoms with van der Waals surface area (Å²) >= 11 is 7.28. The van der Waals surface area contributed by atoms with Crippen molar-refractivity contribution in [2.45, 2.75) is 39.1 Å². The van der Waals surface area contributed by atoms with Gasteiger partial charge in [-0.3, -0.25) is 9.36 Å². The maximum Gasteiger partial charge on any atom is 0.192 e. The first-order valence-electron chi connectivity index (χ1n) is 9.54. The molecule has 156 valence electrons. The Balaban J connectivity index is 1.70. The van der Waals surface area contributed by atoms with Gasteiger partial charge in [-0.05, 0) is 67.8 Å². The fourth-order valence-electron chi connectivity index (χ4n) is 2.99. The Kier molecular flexibility index (Phi) is 7.34. The smallest absolute Gasteiger partial charge is 0.192 e. The van der Waals surface area contributed by atoms with Crippen LogP contribution in [0.2, 0.25) is 5.02 Å². The molecule has 0 spiro atoms. The monoisotopic (exact) mass is 441 g/mol. The molecule has 3 aromatic rings. The highest BCUT2D eigenvalue weighted by molar-refractivity contribution is 7.99. The summed E-state index contributed by atoms with van der Waals surface area (Å²) in [6.07, 6.45) is 1.77.